The van der Waals surface area contributed by atoms with E-state index in [4.69, 9.17) is 0 Å². The molecular weight excluding hydrogens is 277 g/mol. The molecular formula is C14H8FN3OS. The maximum atomic E-state index is 13.9. The third kappa shape index (κ3) is 1.36. The Labute approximate surface area is 116 Å². The van der Waals surface area contributed by atoms with Crippen LogP contribution in [0.5, 0.6) is 0 Å². The van der Waals surface area contributed by atoms with Crippen LogP contribution in [0, 0.1) is 12.7 Å². The van der Waals surface area contributed by atoms with E-state index in [1.54, 1.807) is 12.1 Å². The van der Waals surface area contributed by atoms with Crippen LogP contribution in [0.2, 0.25) is 0 Å². The second-order valence-corrected chi connectivity index (χ2v) is 5.41. The molecule has 1 aromatic carbocycles. The number of aromatic nitrogens is 3. The summed E-state index contributed by atoms with van der Waals surface area (Å²) in [6.07, 6.45) is 1.40. The molecule has 4 aromatic rings. The standard InChI is InChI=1S/C14H8FN3OS/c1-7-6-20-14-17-13(19)9-5-16-11-8(12(9)18(7)14)3-2-4-10(11)15/h2-6H,1H3. The molecule has 98 valence electrons. The van der Waals surface area contributed by atoms with Gasteiger partial charge in [0.05, 0.1) is 10.9 Å². The summed E-state index contributed by atoms with van der Waals surface area (Å²) in [5.41, 5.74) is 1.56. The smallest absolute Gasteiger partial charge is 0.283 e. The first-order valence-electron chi connectivity index (χ1n) is 6.00. The van der Waals surface area contributed by atoms with Crippen LogP contribution in [0.15, 0.2) is 34.6 Å². The average Bonchev–Trinajstić information content (AvgIpc) is 2.80. The molecule has 0 radical (unpaired) electrons. The van der Waals surface area contributed by atoms with Crippen LogP contribution in [0.4, 0.5) is 4.39 Å². The van der Waals surface area contributed by atoms with Crippen LogP contribution >= 0.6 is 11.3 Å². The Morgan fingerprint density at radius 1 is 1.30 bits per heavy atom. The van der Waals surface area contributed by atoms with Gasteiger partial charge in [0, 0.05) is 22.7 Å². The number of hydrogen-bond acceptors (Lipinski definition) is 4. The lowest BCUT2D eigenvalue weighted by Gasteiger charge is -2.07. The van der Waals surface area contributed by atoms with Crippen LogP contribution < -0.4 is 5.56 Å². The Hall–Kier alpha value is -2.34. The molecule has 0 atom stereocenters. The fourth-order valence-electron chi connectivity index (χ4n) is 2.46. The molecule has 6 heteroatoms. The predicted octanol–water partition coefficient (Wildman–Crippen LogP) is 2.90. The van der Waals surface area contributed by atoms with Gasteiger partial charge < -0.3 is 0 Å². The third-order valence-electron chi connectivity index (χ3n) is 3.35. The minimum Gasteiger partial charge on any atom is -0.288 e. The normalized spacial score (nSPS) is 11.7. The summed E-state index contributed by atoms with van der Waals surface area (Å²) in [7, 11) is 0. The zero-order valence-electron chi connectivity index (χ0n) is 10.4. The van der Waals surface area contributed by atoms with Crippen molar-refractivity contribution in [3.05, 3.63) is 51.6 Å². The fraction of sp³-hybridized carbons (Fsp3) is 0.0714. The summed E-state index contributed by atoms with van der Waals surface area (Å²) in [6, 6.07) is 4.76. The molecule has 0 aliphatic rings. The van der Waals surface area contributed by atoms with Gasteiger partial charge in [0.1, 0.15) is 11.3 Å². The number of aryl methyl sites for hydroxylation is 1. The molecule has 0 saturated carbocycles. The highest BCUT2D eigenvalue weighted by Gasteiger charge is 2.14. The van der Waals surface area contributed by atoms with Crippen LogP contribution in [0.1, 0.15) is 5.69 Å². The minimum atomic E-state index is -0.393. The highest BCUT2D eigenvalue weighted by atomic mass is 32.1. The first-order valence-corrected chi connectivity index (χ1v) is 6.88. The zero-order valence-corrected chi connectivity index (χ0v) is 11.2. The van der Waals surface area contributed by atoms with Crippen LogP contribution in [-0.2, 0) is 0 Å². The van der Waals surface area contributed by atoms with E-state index in [-0.39, 0.29) is 11.1 Å². The molecule has 0 aliphatic carbocycles. The Morgan fingerprint density at radius 3 is 3.00 bits per heavy atom. The first kappa shape index (κ1) is 11.5. The molecule has 0 amide bonds. The fourth-order valence-corrected chi connectivity index (χ4v) is 3.32. The van der Waals surface area contributed by atoms with Crippen molar-refractivity contribution < 1.29 is 4.39 Å². The lowest BCUT2D eigenvalue weighted by atomic mass is 10.1. The lowest BCUT2D eigenvalue weighted by molar-refractivity contribution is 0.637. The van der Waals surface area contributed by atoms with Gasteiger partial charge in [0.25, 0.3) is 5.56 Å². The summed E-state index contributed by atoms with van der Waals surface area (Å²) in [5.74, 6) is -0.393. The van der Waals surface area contributed by atoms with Crippen molar-refractivity contribution in [1.29, 1.82) is 0 Å². The topological polar surface area (TPSA) is 47.3 Å². The Balaban J connectivity index is 2.46. The summed E-state index contributed by atoms with van der Waals surface area (Å²) in [4.78, 5) is 20.8. The van der Waals surface area contributed by atoms with Crippen LogP contribution in [0.25, 0.3) is 26.8 Å². The molecule has 3 aromatic heterocycles. The number of fused-ring (bicyclic) bond motifs is 5. The van der Waals surface area contributed by atoms with E-state index in [9.17, 15) is 9.18 Å². The van der Waals surface area contributed by atoms with E-state index in [0.29, 0.717) is 21.3 Å². The Kier molecular flexibility index (Phi) is 2.20. The van der Waals surface area contributed by atoms with Crippen molar-refractivity contribution in [2.24, 2.45) is 0 Å². The number of benzene rings is 1. The van der Waals surface area contributed by atoms with Gasteiger partial charge in [-0.2, -0.15) is 4.98 Å². The first-order chi connectivity index (χ1) is 9.66. The summed E-state index contributed by atoms with van der Waals surface area (Å²) in [6.45, 7) is 1.93. The van der Waals surface area contributed by atoms with Crippen LogP contribution in [-0.4, -0.2) is 14.4 Å². The van der Waals surface area contributed by atoms with Crippen molar-refractivity contribution in [2.75, 3.05) is 0 Å². The molecule has 0 N–H and O–H groups in total. The lowest BCUT2D eigenvalue weighted by Crippen LogP contribution is -2.10. The largest absolute Gasteiger partial charge is 0.288 e. The van der Waals surface area contributed by atoms with Crippen molar-refractivity contribution in [1.82, 2.24) is 14.4 Å². The highest BCUT2D eigenvalue weighted by molar-refractivity contribution is 7.15. The van der Waals surface area contributed by atoms with Crippen molar-refractivity contribution in [2.45, 2.75) is 6.92 Å². The maximum Gasteiger partial charge on any atom is 0.283 e. The molecule has 0 spiro atoms. The van der Waals surface area contributed by atoms with Crippen molar-refractivity contribution in [3.63, 3.8) is 0 Å². The average molecular weight is 285 g/mol. The van der Waals surface area contributed by atoms with Gasteiger partial charge in [-0.3, -0.25) is 14.2 Å². The van der Waals surface area contributed by atoms with Gasteiger partial charge >= 0.3 is 0 Å². The maximum absolute atomic E-state index is 13.9. The van der Waals surface area contributed by atoms with Gasteiger partial charge in [-0.05, 0) is 13.0 Å². The van der Waals surface area contributed by atoms with Gasteiger partial charge in [0.15, 0.2) is 4.96 Å². The molecule has 0 unspecified atom stereocenters. The number of rotatable bonds is 0. The van der Waals surface area contributed by atoms with Gasteiger partial charge in [-0.1, -0.05) is 12.1 Å². The number of halogens is 1. The molecule has 4 nitrogen and oxygen atoms in total. The predicted molar refractivity (Wildman–Crippen MR) is 76.8 cm³/mol. The quantitative estimate of drug-likeness (QED) is 0.467. The van der Waals surface area contributed by atoms with Gasteiger partial charge in [-0.15, -0.1) is 11.3 Å². The molecule has 4 rings (SSSR count). The molecule has 0 aliphatic heterocycles. The van der Waals surface area contributed by atoms with Crippen molar-refractivity contribution >= 4 is 38.1 Å². The van der Waals surface area contributed by atoms with Gasteiger partial charge in [-0.25, -0.2) is 4.39 Å². The van der Waals surface area contributed by atoms with E-state index < -0.39 is 5.82 Å². The minimum absolute atomic E-state index is 0.269. The summed E-state index contributed by atoms with van der Waals surface area (Å²) >= 11 is 1.39. The Bertz CT molecular complexity index is 1050. The number of nitrogens with zero attached hydrogens (tertiary/aromatic N) is 3. The number of pyridine rings is 1. The second kappa shape index (κ2) is 3.83. The molecule has 20 heavy (non-hydrogen) atoms. The van der Waals surface area contributed by atoms with Gasteiger partial charge in [0.2, 0.25) is 0 Å². The molecule has 3 heterocycles. The van der Waals surface area contributed by atoms with Crippen molar-refractivity contribution in [3.8, 4) is 0 Å². The van der Waals surface area contributed by atoms with E-state index in [1.807, 2.05) is 16.7 Å². The second-order valence-electron chi connectivity index (χ2n) is 4.57. The van der Waals surface area contributed by atoms with Crippen LogP contribution in [0.3, 0.4) is 0 Å². The molecule has 0 bridgehead atoms. The summed E-state index contributed by atoms with van der Waals surface area (Å²) in [5, 5.41) is 2.95. The number of para-hydroxylation sites is 1. The van der Waals surface area contributed by atoms with E-state index >= 15 is 0 Å². The SMILES string of the molecule is Cc1csc2nc(=O)c3cnc4c(F)cccc4c3n12. The summed E-state index contributed by atoms with van der Waals surface area (Å²) < 4.78 is 15.8. The number of hydrogen-bond donors (Lipinski definition) is 0. The van der Waals surface area contributed by atoms with E-state index in [0.717, 1.165) is 5.69 Å². The third-order valence-corrected chi connectivity index (χ3v) is 4.29. The monoisotopic (exact) mass is 285 g/mol. The highest BCUT2D eigenvalue weighted by Crippen LogP contribution is 2.26. The molecule has 0 saturated heterocycles. The zero-order chi connectivity index (χ0) is 13.9. The Morgan fingerprint density at radius 2 is 2.15 bits per heavy atom. The van der Waals surface area contributed by atoms with E-state index in [1.165, 1.54) is 23.6 Å². The molecule has 0 fully saturated rings. The van der Waals surface area contributed by atoms with E-state index in [2.05, 4.69) is 9.97 Å². The number of thiazole rings is 1.